The second-order valence-corrected chi connectivity index (χ2v) is 3.55. The van der Waals surface area contributed by atoms with Gasteiger partial charge in [-0.25, -0.2) is 0 Å². The van der Waals surface area contributed by atoms with E-state index >= 15 is 0 Å². The zero-order valence-corrected chi connectivity index (χ0v) is 8.41. The number of phenolic OH excluding ortho intramolecular Hbond substituents is 1. The number of rotatable bonds is 1. The standard InChI is InChI=1S/C12H10OS/c13-11-8-10(6-7-12(11)14)9-4-2-1-3-5-9/h1-8,13-14H. The normalized spacial score (nSPS) is 10.1. The van der Waals surface area contributed by atoms with Crippen molar-refractivity contribution in [2.24, 2.45) is 0 Å². The Morgan fingerprint density at radius 1 is 0.857 bits per heavy atom. The first-order chi connectivity index (χ1) is 6.77. The molecule has 0 aliphatic carbocycles. The lowest BCUT2D eigenvalue weighted by atomic mass is 10.1. The lowest BCUT2D eigenvalue weighted by molar-refractivity contribution is 0.463. The minimum Gasteiger partial charge on any atom is -0.507 e. The van der Waals surface area contributed by atoms with Crippen molar-refractivity contribution in [3.05, 3.63) is 48.5 Å². The summed E-state index contributed by atoms with van der Waals surface area (Å²) in [6.07, 6.45) is 0. The molecule has 0 saturated heterocycles. The van der Waals surface area contributed by atoms with Crippen molar-refractivity contribution in [2.75, 3.05) is 0 Å². The monoisotopic (exact) mass is 202 g/mol. The molecule has 0 atom stereocenters. The van der Waals surface area contributed by atoms with Crippen LogP contribution in [-0.4, -0.2) is 5.11 Å². The number of benzene rings is 2. The van der Waals surface area contributed by atoms with Gasteiger partial charge in [-0.2, -0.15) is 0 Å². The van der Waals surface area contributed by atoms with Crippen LogP contribution < -0.4 is 0 Å². The number of hydrogen-bond donors (Lipinski definition) is 2. The van der Waals surface area contributed by atoms with E-state index in [0.29, 0.717) is 4.90 Å². The van der Waals surface area contributed by atoms with Crippen molar-refractivity contribution in [1.29, 1.82) is 0 Å². The molecule has 0 unspecified atom stereocenters. The molecule has 2 rings (SSSR count). The van der Waals surface area contributed by atoms with Gasteiger partial charge < -0.3 is 5.11 Å². The highest BCUT2D eigenvalue weighted by atomic mass is 32.1. The fourth-order valence-corrected chi connectivity index (χ4v) is 1.47. The van der Waals surface area contributed by atoms with Crippen molar-refractivity contribution in [3.8, 4) is 16.9 Å². The Kier molecular flexibility index (Phi) is 2.46. The Morgan fingerprint density at radius 2 is 1.57 bits per heavy atom. The number of thiol groups is 1. The van der Waals surface area contributed by atoms with E-state index in [4.69, 9.17) is 0 Å². The summed E-state index contributed by atoms with van der Waals surface area (Å²) < 4.78 is 0. The molecule has 0 amide bonds. The molecule has 0 bridgehead atoms. The molecule has 0 aliphatic heterocycles. The highest BCUT2D eigenvalue weighted by Crippen LogP contribution is 2.27. The maximum absolute atomic E-state index is 9.49. The number of hydrogen-bond acceptors (Lipinski definition) is 2. The molecule has 0 spiro atoms. The Bertz CT molecular complexity index is 437. The summed E-state index contributed by atoms with van der Waals surface area (Å²) >= 11 is 4.11. The second kappa shape index (κ2) is 3.76. The van der Waals surface area contributed by atoms with Crippen molar-refractivity contribution in [3.63, 3.8) is 0 Å². The van der Waals surface area contributed by atoms with E-state index < -0.39 is 0 Å². The zero-order valence-electron chi connectivity index (χ0n) is 7.51. The maximum Gasteiger partial charge on any atom is 0.129 e. The molecule has 0 fully saturated rings. The van der Waals surface area contributed by atoms with Gasteiger partial charge in [0.1, 0.15) is 5.75 Å². The highest BCUT2D eigenvalue weighted by molar-refractivity contribution is 7.80. The topological polar surface area (TPSA) is 20.2 Å². The lowest BCUT2D eigenvalue weighted by Crippen LogP contribution is -1.77. The molecule has 0 saturated carbocycles. The van der Waals surface area contributed by atoms with E-state index in [1.54, 1.807) is 12.1 Å². The van der Waals surface area contributed by atoms with E-state index in [0.717, 1.165) is 11.1 Å². The molecule has 2 aromatic rings. The number of aromatic hydroxyl groups is 1. The van der Waals surface area contributed by atoms with Crippen LogP contribution in [0.2, 0.25) is 0 Å². The first-order valence-electron chi connectivity index (χ1n) is 4.35. The molecule has 70 valence electrons. The smallest absolute Gasteiger partial charge is 0.129 e. The molecule has 0 heterocycles. The summed E-state index contributed by atoms with van der Waals surface area (Å²) in [5, 5.41) is 9.49. The fourth-order valence-electron chi connectivity index (χ4n) is 1.33. The van der Waals surface area contributed by atoms with Crippen molar-refractivity contribution in [1.82, 2.24) is 0 Å². The van der Waals surface area contributed by atoms with Gasteiger partial charge in [-0.1, -0.05) is 36.4 Å². The second-order valence-electron chi connectivity index (χ2n) is 3.07. The molecule has 0 aromatic heterocycles. The quantitative estimate of drug-likeness (QED) is 0.679. The molecule has 1 nitrogen and oxygen atoms in total. The van der Waals surface area contributed by atoms with E-state index in [-0.39, 0.29) is 5.75 Å². The molecular formula is C12H10OS. The average molecular weight is 202 g/mol. The largest absolute Gasteiger partial charge is 0.507 e. The first kappa shape index (κ1) is 9.16. The Hall–Kier alpha value is -1.41. The predicted octanol–water partition coefficient (Wildman–Crippen LogP) is 3.35. The molecule has 1 N–H and O–H groups in total. The summed E-state index contributed by atoms with van der Waals surface area (Å²) in [4.78, 5) is 0.602. The molecule has 0 radical (unpaired) electrons. The first-order valence-corrected chi connectivity index (χ1v) is 4.79. The van der Waals surface area contributed by atoms with Gasteiger partial charge in [0.05, 0.1) is 0 Å². The minimum absolute atomic E-state index is 0.217. The summed E-state index contributed by atoms with van der Waals surface area (Å²) in [7, 11) is 0. The Labute approximate surface area is 88.4 Å². The van der Waals surface area contributed by atoms with E-state index in [1.165, 1.54) is 0 Å². The van der Waals surface area contributed by atoms with Crippen LogP contribution in [0.15, 0.2) is 53.4 Å². The van der Waals surface area contributed by atoms with Crippen LogP contribution in [0.25, 0.3) is 11.1 Å². The summed E-state index contributed by atoms with van der Waals surface area (Å²) in [6.45, 7) is 0. The van der Waals surface area contributed by atoms with Gasteiger partial charge in [-0.15, -0.1) is 12.6 Å². The summed E-state index contributed by atoms with van der Waals surface area (Å²) in [5.74, 6) is 0.217. The fraction of sp³-hybridized carbons (Fsp3) is 0. The Morgan fingerprint density at radius 3 is 2.21 bits per heavy atom. The molecule has 14 heavy (non-hydrogen) atoms. The average Bonchev–Trinajstić information content (AvgIpc) is 2.23. The summed E-state index contributed by atoms with van der Waals surface area (Å²) in [5.41, 5.74) is 2.09. The summed E-state index contributed by atoms with van der Waals surface area (Å²) in [6, 6.07) is 15.4. The van der Waals surface area contributed by atoms with Gasteiger partial charge in [0.15, 0.2) is 0 Å². The molecule has 0 aliphatic rings. The van der Waals surface area contributed by atoms with E-state index in [2.05, 4.69) is 12.6 Å². The predicted molar refractivity (Wildman–Crippen MR) is 60.8 cm³/mol. The minimum atomic E-state index is 0.217. The van der Waals surface area contributed by atoms with Gasteiger partial charge in [0.2, 0.25) is 0 Å². The third-order valence-corrected chi connectivity index (χ3v) is 2.46. The van der Waals surface area contributed by atoms with E-state index in [9.17, 15) is 5.11 Å². The van der Waals surface area contributed by atoms with Gasteiger partial charge >= 0.3 is 0 Å². The van der Waals surface area contributed by atoms with Gasteiger partial charge in [0.25, 0.3) is 0 Å². The molecule has 2 heteroatoms. The van der Waals surface area contributed by atoms with Crippen LogP contribution in [0.3, 0.4) is 0 Å². The van der Waals surface area contributed by atoms with Crippen LogP contribution in [0.4, 0.5) is 0 Å². The third kappa shape index (κ3) is 1.75. The lowest BCUT2D eigenvalue weighted by Gasteiger charge is -2.03. The SMILES string of the molecule is Oc1cc(-c2ccccc2)ccc1S. The van der Waals surface area contributed by atoms with Gasteiger partial charge in [-0.05, 0) is 23.3 Å². The third-order valence-electron chi connectivity index (χ3n) is 2.08. The van der Waals surface area contributed by atoms with Crippen molar-refractivity contribution >= 4 is 12.6 Å². The Balaban J connectivity index is 2.48. The van der Waals surface area contributed by atoms with Crippen LogP contribution in [0, 0.1) is 0 Å². The van der Waals surface area contributed by atoms with Gasteiger partial charge in [0, 0.05) is 4.90 Å². The highest BCUT2D eigenvalue weighted by Gasteiger charge is 2.00. The van der Waals surface area contributed by atoms with Crippen molar-refractivity contribution in [2.45, 2.75) is 4.90 Å². The number of phenols is 1. The maximum atomic E-state index is 9.49. The van der Waals surface area contributed by atoms with Crippen LogP contribution in [0.1, 0.15) is 0 Å². The van der Waals surface area contributed by atoms with Crippen molar-refractivity contribution < 1.29 is 5.11 Å². The van der Waals surface area contributed by atoms with Crippen LogP contribution >= 0.6 is 12.6 Å². The zero-order chi connectivity index (χ0) is 9.97. The molecular weight excluding hydrogens is 192 g/mol. The molecule has 2 aromatic carbocycles. The van der Waals surface area contributed by atoms with E-state index in [1.807, 2.05) is 36.4 Å². The van der Waals surface area contributed by atoms with Gasteiger partial charge in [-0.3, -0.25) is 0 Å². The van der Waals surface area contributed by atoms with Crippen LogP contribution in [-0.2, 0) is 0 Å². The van der Waals surface area contributed by atoms with Crippen LogP contribution in [0.5, 0.6) is 5.75 Å².